The van der Waals surface area contributed by atoms with E-state index >= 15 is 0 Å². The maximum absolute atomic E-state index is 2.50. The van der Waals surface area contributed by atoms with Gasteiger partial charge in [-0.3, -0.25) is 0 Å². The summed E-state index contributed by atoms with van der Waals surface area (Å²) in [5.41, 5.74) is 8.52. The Morgan fingerprint density at radius 3 is 0.773 bits per heavy atom. The van der Waals surface area contributed by atoms with E-state index in [-0.39, 0.29) is 0 Å². The smallest absolute Gasteiger partial charge is 0.00975 e. The van der Waals surface area contributed by atoms with E-state index in [1.165, 1.54) is 38.5 Å². The molecule has 0 aromatic carbocycles. The third kappa shape index (κ3) is 2.16. The van der Waals surface area contributed by atoms with Crippen LogP contribution in [-0.2, 0) is 0 Å². The average Bonchev–Trinajstić information content (AvgIpc) is 2.32. The first-order chi connectivity index (χ1) is 9.90. The summed E-state index contributed by atoms with van der Waals surface area (Å²) in [4.78, 5) is 0. The van der Waals surface area contributed by atoms with Crippen LogP contribution in [0, 0.1) is 21.7 Å². The zero-order chi connectivity index (χ0) is 16.6. The highest BCUT2D eigenvalue weighted by molar-refractivity contribution is 5.68. The van der Waals surface area contributed by atoms with E-state index in [1.807, 2.05) is 0 Å². The van der Waals surface area contributed by atoms with E-state index in [2.05, 4.69) is 55.4 Å². The molecule has 3 aliphatic carbocycles. The van der Waals surface area contributed by atoms with Gasteiger partial charge in [0.1, 0.15) is 0 Å². The second kappa shape index (κ2) is 4.52. The summed E-state index contributed by atoms with van der Waals surface area (Å²) < 4.78 is 0. The monoisotopic (exact) mass is 300 g/mol. The summed E-state index contributed by atoms with van der Waals surface area (Å²) in [6.07, 6.45) is 8.14. The van der Waals surface area contributed by atoms with Crippen molar-refractivity contribution in [2.24, 2.45) is 21.7 Å². The minimum atomic E-state index is 0.361. The summed E-state index contributed by atoms with van der Waals surface area (Å²) in [6.45, 7) is 20.0. The molecule has 2 saturated carbocycles. The van der Waals surface area contributed by atoms with Crippen molar-refractivity contribution < 1.29 is 0 Å². The van der Waals surface area contributed by atoms with E-state index in [0.29, 0.717) is 21.7 Å². The molecule has 0 aromatic heterocycles. The Balaban J connectivity index is 2.29. The topological polar surface area (TPSA) is 0 Å². The molecule has 0 bridgehead atoms. The molecule has 3 aliphatic rings. The lowest BCUT2D eigenvalue weighted by atomic mass is 9.53. The van der Waals surface area contributed by atoms with Gasteiger partial charge in [-0.25, -0.2) is 0 Å². The highest BCUT2D eigenvalue weighted by Gasteiger charge is 2.53. The van der Waals surface area contributed by atoms with Gasteiger partial charge >= 0.3 is 0 Å². The van der Waals surface area contributed by atoms with Gasteiger partial charge in [-0.15, -0.1) is 0 Å². The van der Waals surface area contributed by atoms with Crippen molar-refractivity contribution in [3.63, 3.8) is 0 Å². The molecule has 124 valence electrons. The van der Waals surface area contributed by atoms with Crippen molar-refractivity contribution >= 4 is 0 Å². The van der Waals surface area contributed by atoms with Crippen LogP contribution in [0.15, 0.2) is 22.3 Å². The molecule has 0 spiro atoms. The van der Waals surface area contributed by atoms with Crippen molar-refractivity contribution in [1.82, 2.24) is 0 Å². The van der Waals surface area contributed by atoms with E-state index < -0.39 is 0 Å². The minimum Gasteiger partial charge on any atom is -0.0558 e. The maximum Gasteiger partial charge on any atom is -0.00975 e. The predicted molar refractivity (Wildman–Crippen MR) is 96.9 cm³/mol. The zero-order valence-electron chi connectivity index (χ0n) is 16.2. The lowest BCUT2D eigenvalue weighted by Crippen LogP contribution is -2.38. The first-order valence-corrected chi connectivity index (χ1v) is 9.41. The largest absolute Gasteiger partial charge is 0.0558 e. The van der Waals surface area contributed by atoms with Crippen LogP contribution in [0.4, 0.5) is 0 Å². The number of fused-ring (bicyclic) bond motifs is 2. The van der Waals surface area contributed by atoms with Crippen LogP contribution in [0.2, 0.25) is 0 Å². The van der Waals surface area contributed by atoms with E-state index in [0.717, 1.165) is 0 Å². The Bertz CT molecular complexity index is 450. The first kappa shape index (κ1) is 16.3. The molecule has 0 amide bonds. The predicted octanol–water partition coefficient (Wildman–Crippen LogP) is 7.07. The lowest BCUT2D eigenvalue weighted by molar-refractivity contribution is 0.353. The summed E-state index contributed by atoms with van der Waals surface area (Å²) >= 11 is 0. The second-order valence-electron chi connectivity index (χ2n) is 10.7. The van der Waals surface area contributed by atoms with Crippen LogP contribution in [0.1, 0.15) is 93.9 Å². The highest BCUT2D eigenvalue weighted by Crippen LogP contribution is 2.67. The number of hydrogen-bond donors (Lipinski definition) is 0. The van der Waals surface area contributed by atoms with Gasteiger partial charge in [0.05, 0.1) is 0 Å². The third-order valence-corrected chi connectivity index (χ3v) is 6.91. The number of hydrogen-bond acceptors (Lipinski definition) is 0. The van der Waals surface area contributed by atoms with Crippen LogP contribution in [0.5, 0.6) is 0 Å². The number of allylic oxidation sites excluding steroid dienone is 4. The Morgan fingerprint density at radius 1 is 0.409 bits per heavy atom. The molecule has 0 aliphatic heterocycles. The Hall–Kier alpha value is -0.520. The Morgan fingerprint density at radius 2 is 0.591 bits per heavy atom. The van der Waals surface area contributed by atoms with Crippen molar-refractivity contribution in [3.05, 3.63) is 22.3 Å². The van der Waals surface area contributed by atoms with Gasteiger partial charge in [-0.2, -0.15) is 0 Å². The molecule has 0 aromatic rings. The van der Waals surface area contributed by atoms with Gasteiger partial charge in [0.25, 0.3) is 0 Å². The van der Waals surface area contributed by atoms with Crippen LogP contribution in [0.3, 0.4) is 0 Å². The molecule has 0 atom stereocenters. The van der Waals surface area contributed by atoms with E-state index in [9.17, 15) is 0 Å². The van der Waals surface area contributed by atoms with Crippen LogP contribution in [-0.4, -0.2) is 0 Å². The molecule has 22 heavy (non-hydrogen) atoms. The van der Waals surface area contributed by atoms with Gasteiger partial charge in [-0.05, 0) is 69.6 Å². The van der Waals surface area contributed by atoms with Crippen LogP contribution in [0.25, 0.3) is 0 Å². The molecule has 3 rings (SSSR count). The van der Waals surface area contributed by atoms with Crippen molar-refractivity contribution in [1.29, 1.82) is 0 Å². The fraction of sp³-hybridized carbons (Fsp3) is 0.818. The Kier molecular flexibility index (Phi) is 3.36. The Labute approximate surface area is 138 Å². The highest BCUT2D eigenvalue weighted by atomic mass is 14.6. The van der Waals surface area contributed by atoms with Crippen molar-refractivity contribution in [2.45, 2.75) is 93.9 Å². The van der Waals surface area contributed by atoms with Gasteiger partial charge < -0.3 is 0 Å². The molecule has 2 fully saturated rings. The molecule has 0 heterocycles. The van der Waals surface area contributed by atoms with E-state index in [4.69, 9.17) is 0 Å². The van der Waals surface area contributed by atoms with Gasteiger partial charge in [0.15, 0.2) is 0 Å². The van der Waals surface area contributed by atoms with Gasteiger partial charge in [0, 0.05) is 0 Å². The molecule has 0 radical (unpaired) electrons. The molecular weight excluding hydrogens is 264 g/mol. The van der Waals surface area contributed by atoms with Crippen LogP contribution < -0.4 is 0 Å². The van der Waals surface area contributed by atoms with Gasteiger partial charge in [0.2, 0.25) is 0 Å². The number of rotatable bonds is 0. The molecule has 0 unspecified atom stereocenters. The summed E-state index contributed by atoms with van der Waals surface area (Å²) in [6, 6.07) is 0. The molecule has 0 heteroatoms. The SMILES string of the molecule is CC1(C)CCCC(C)(C)C2=C3C(=C21)C(C)(C)CCCC3(C)C. The van der Waals surface area contributed by atoms with Gasteiger partial charge in [-0.1, -0.05) is 68.2 Å². The minimum absolute atomic E-state index is 0.361. The lowest BCUT2D eigenvalue weighted by Gasteiger charge is -2.52. The first-order valence-electron chi connectivity index (χ1n) is 9.41. The molecule has 0 nitrogen and oxygen atoms in total. The average molecular weight is 301 g/mol. The van der Waals surface area contributed by atoms with E-state index in [1.54, 1.807) is 22.3 Å². The van der Waals surface area contributed by atoms with Crippen molar-refractivity contribution in [2.75, 3.05) is 0 Å². The molecule has 0 saturated heterocycles. The van der Waals surface area contributed by atoms with Crippen molar-refractivity contribution in [3.8, 4) is 0 Å². The third-order valence-electron chi connectivity index (χ3n) is 6.91. The fourth-order valence-corrected chi connectivity index (χ4v) is 5.59. The molecular formula is C22H36. The second-order valence-corrected chi connectivity index (χ2v) is 10.7. The standard InChI is InChI=1S/C22H36/c1-19(2)11-9-12-20(3,4)16-15(19)17-18(16)22(7,8)14-10-13-21(17,5)6/h9-14H2,1-8H3. The normalized spacial score (nSPS) is 31.6. The fourth-order valence-electron chi connectivity index (χ4n) is 5.59. The van der Waals surface area contributed by atoms with Crippen LogP contribution >= 0.6 is 0 Å². The zero-order valence-corrected chi connectivity index (χ0v) is 16.2. The summed E-state index contributed by atoms with van der Waals surface area (Å²) in [7, 11) is 0. The summed E-state index contributed by atoms with van der Waals surface area (Å²) in [5, 5.41) is 0. The maximum atomic E-state index is 2.50. The molecule has 0 N–H and O–H groups in total. The quantitative estimate of drug-likeness (QED) is 0.449. The summed E-state index contributed by atoms with van der Waals surface area (Å²) in [5.74, 6) is 0.